The smallest absolute Gasteiger partial charge is 0.237 e. The third-order valence-corrected chi connectivity index (χ3v) is 5.92. The van der Waals surface area contributed by atoms with Gasteiger partial charge in [-0.2, -0.15) is 0 Å². The number of amides is 1. The topological polar surface area (TPSA) is 35.6 Å². The summed E-state index contributed by atoms with van der Waals surface area (Å²) in [6, 6.07) is 30.5. The lowest BCUT2D eigenvalue weighted by molar-refractivity contribution is -0.126. The highest BCUT2D eigenvalue weighted by molar-refractivity contribution is 5.82. The summed E-state index contributed by atoms with van der Waals surface area (Å²) in [5.74, 6) is 0.0702. The van der Waals surface area contributed by atoms with E-state index >= 15 is 0 Å². The number of carbonyl (C=O) groups excluding carboxylic acids is 1. The lowest BCUT2D eigenvalue weighted by Crippen LogP contribution is -2.54. The lowest BCUT2D eigenvalue weighted by atomic mass is 9.98. The Morgan fingerprint density at radius 2 is 1.20 bits per heavy atom. The Morgan fingerprint density at radius 3 is 1.70 bits per heavy atom. The summed E-state index contributed by atoms with van der Waals surface area (Å²) in [7, 11) is 0. The van der Waals surface area contributed by atoms with E-state index in [1.807, 2.05) is 49.4 Å². The summed E-state index contributed by atoms with van der Waals surface area (Å²) >= 11 is 0. The van der Waals surface area contributed by atoms with Crippen molar-refractivity contribution in [2.24, 2.45) is 0 Å². The van der Waals surface area contributed by atoms with Crippen LogP contribution in [0.15, 0.2) is 91.0 Å². The van der Waals surface area contributed by atoms with Crippen LogP contribution in [0.4, 0.5) is 5.69 Å². The largest absolute Gasteiger partial charge is 0.369 e. The summed E-state index contributed by atoms with van der Waals surface area (Å²) < 4.78 is 0. The van der Waals surface area contributed by atoms with Crippen LogP contribution < -0.4 is 10.2 Å². The molecule has 3 aromatic rings. The van der Waals surface area contributed by atoms with Crippen molar-refractivity contribution in [1.82, 2.24) is 10.2 Å². The van der Waals surface area contributed by atoms with Crippen molar-refractivity contribution in [3.8, 4) is 0 Å². The fraction of sp³-hybridized carbons (Fsp3) is 0.269. The highest BCUT2D eigenvalue weighted by atomic mass is 16.2. The molecule has 1 N–H and O–H groups in total. The molecule has 0 aliphatic carbocycles. The Labute approximate surface area is 179 Å². The van der Waals surface area contributed by atoms with Crippen molar-refractivity contribution >= 4 is 11.6 Å². The van der Waals surface area contributed by atoms with Crippen molar-refractivity contribution < 1.29 is 4.79 Å². The van der Waals surface area contributed by atoms with Gasteiger partial charge in [0.25, 0.3) is 0 Å². The predicted molar refractivity (Wildman–Crippen MR) is 123 cm³/mol. The number of para-hydroxylation sites is 1. The Hall–Kier alpha value is -3.11. The molecule has 1 fully saturated rings. The van der Waals surface area contributed by atoms with Crippen molar-refractivity contribution in [2.45, 2.75) is 19.0 Å². The second-order valence-electron chi connectivity index (χ2n) is 7.80. The molecular weight excluding hydrogens is 370 g/mol. The van der Waals surface area contributed by atoms with Gasteiger partial charge in [0, 0.05) is 31.9 Å². The van der Waals surface area contributed by atoms with Gasteiger partial charge in [-0.3, -0.25) is 9.69 Å². The van der Waals surface area contributed by atoms with E-state index < -0.39 is 0 Å². The minimum Gasteiger partial charge on any atom is -0.369 e. The predicted octanol–water partition coefficient (Wildman–Crippen LogP) is 4.10. The summed E-state index contributed by atoms with van der Waals surface area (Å²) in [6.45, 7) is 5.64. The molecule has 30 heavy (non-hydrogen) atoms. The molecule has 0 bridgehead atoms. The van der Waals surface area contributed by atoms with E-state index in [1.165, 1.54) is 5.69 Å². The van der Waals surface area contributed by atoms with E-state index in [-0.39, 0.29) is 18.0 Å². The zero-order valence-corrected chi connectivity index (χ0v) is 17.4. The molecule has 4 heteroatoms. The van der Waals surface area contributed by atoms with Gasteiger partial charge in [0.15, 0.2) is 0 Å². The quantitative estimate of drug-likeness (QED) is 0.678. The molecule has 4 nitrogen and oxygen atoms in total. The maximum Gasteiger partial charge on any atom is 0.237 e. The summed E-state index contributed by atoms with van der Waals surface area (Å²) in [6.07, 6.45) is 0. The second kappa shape index (κ2) is 9.59. The molecule has 0 saturated carbocycles. The van der Waals surface area contributed by atoms with Gasteiger partial charge < -0.3 is 10.2 Å². The number of carbonyl (C=O) groups is 1. The first-order chi connectivity index (χ1) is 14.7. The number of hydrogen-bond acceptors (Lipinski definition) is 3. The lowest BCUT2D eigenvalue weighted by Gasteiger charge is -2.39. The second-order valence-corrected chi connectivity index (χ2v) is 7.80. The number of hydrogen-bond donors (Lipinski definition) is 1. The minimum absolute atomic E-state index is 0.0702. The van der Waals surface area contributed by atoms with Crippen LogP contribution in [-0.2, 0) is 4.79 Å². The zero-order chi connectivity index (χ0) is 20.8. The summed E-state index contributed by atoms with van der Waals surface area (Å²) in [5, 5.41) is 3.30. The standard InChI is InChI=1S/C26H29N3O/c1-21(28-17-19-29(20-18-28)24-15-9-4-10-16-24)26(30)27-25(22-11-5-2-6-12-22)23-13-7-3-8-14-23/h2-16,21,25H,17-20H2,1H3,(H,27,30)/t21-/m1/s1. The number of piperazine rings is 1. The molecule has 1 amide bonds. The monoisotopic (exact) mass is 399 g/mol. The van der Waals surface area contributed by atoms with Gasteiger partial charge in [-0.05, 0) is 30.2 Å². The molecule has 3 aromatic carbocycles. The molecule has 4 rings (SSSR count). The van der Waals surface area contributed by atoms with Crippen LogP contribution >= 0.6 is 0 Å². The first kappa shape index (κ1) is 20.2. The number of anilines is 1. The van der Waals surface area contributed by atoms with Crippen LogP contribution in [0.5, 0.6) is 0 Å². The SMILES string of the molecule is C[C@H](C(=O)NC(c1ccccc1)c1ccccc1)N1CCN(c2ccccc2)CC1. The van der Waals surface area contributed by atoms with Crippen LogP contribution in [0.1, 0.15) is 24.1 Å². The molecule has 0 spiro atoms. The van der Waals surface area contributed by atoms with Gasteiger partial charge in [-0.25, -0.2) is 0 Å². The third kappa shape index (κ3) is 4.71. The Balaban J connectivity index is 1.42. The van der Waals surface area contributed by atoms with Crippen molar-refractivity contribution in [2.75, 3.05) is 31.1 Å². The van der Waals surface area contributed by atoms with Crippen molar-refractivity contribution in [3.63, 3.8) is 0 Å². The van der Waals surface area contributed by atoms with Crippen molar-refractivity contribution in [1.29, 1.82) is 0 Å². The van der Waals surface area contributed by atoms with Crippen LogP contribution in [0.3, 0.4) is 0 Å². The van der Waals surface area contributed by atoms with E-state index in [9.17, 15) is 4.79 Å². The number of nitrogens with zero attached hydrogens (tertiary/aromatic N) is 2. The molecular formula is C26H29N3O. The molecule has 154 valence electrons. The molecule has 1 heterocycles. The molecule has 1 aliphatic rings. The molecule has 0 aromatic heterocycles. The van der Waals surface area contributed by atoms with Gasteiger partial charge in [-0.1, -0.05) is 78.9 Å². The van der Waals surface area contributed by atoms with Crippen LogP contribution in [0.25, 0.3) is 0 Å². The van der Waals surface area contributed by atoms with E-state index in [0.717, 1.165) is 37.3 Å². The minimum atomic E-state index is -0.169. The average molecular weight is 400 g/mol. The van der Waals surface area contributed by atoms with E-state index in [2.05, 4.69) is 63.6 Å². The summed E-state index contributed by atoms with van der Waals surface area (Å²) in [5.41, 5.74) is 3.44. The first-order valence-corrected chi connectivity index (χ1v) is 10.7. The number of benzene rings is 3. The van der Waals surface area contributed by atoms with E-state index in [1.54, 1.807) is 0 Å². The Bertz CT molecular complexity index is 883. The van der Waals surface area contributed by atoms with Gasteiger partial charge >= 0.3 is 0 Å². The third-order valence-electron chi connectivity index (χ3n) is 5.92. The average Bonchev–Trinajstić information content (AvgIpc) is 2.83. The normalized spacial score (nSPS) is 15.7. The summed E-state index contributed by atoms with van der Waals surface area (Å²) in [4.78, 5) is 17.9. The first-order valence-electron chi connectivity index (χ1n) is 10.7. The highest BCUT2D eigenvalue weighted by Crippen LogP contribution is 2.23. The van der Waals surface area contributed by atoms with E-state index in [0.29, 0.717) is 0 Å². The van der Waals surface area contributed by atoms with Gasteiger partial charge in [0.2, 0.25) is 5.91 Å². The maximum atomic E-state index is 13.2. The number of nitrogens with one attached hydrogen (secondary N) is 1. The van der Waals surface area contributed by atoms with Crippen LogP contribution in [0, 0.1) is 0 Å². The van der Waals surface area contributed by atoms with Crippen molar-refractivity contribution in [3.05, 3.63) is 102 Å². The molecule has 0 radical (unpaired) electrons. The van der Waals surface area contributed by atoms with Gasteiger partial charge in [-0.15, -0.1) is 0 Å². The van der Waals surface area contributed by atoms with Crippen LogP contribution in [0.2, 0.25) is 0 Å². The zero-order valence-electron chi connectivity index (χ0n) is 17.4. The Morgan fingerprint density at radius 1 is 0.733 bits per heavy atom. The molecule has 1 saturated heterocycles. The maximum absolute atomic E-state index is 13.2. The Kier molecular flexibility index (Phi) is 6.45. The molecule has 1 atom stereocenters. The van der Waals surface area contributed by atoms with Gasteiger partial charge in [0.1, 0.15) is 0 Å². The van der Waals surface area contributed by atoms with E-state index in [4.69, 9.17) is 0 Å². The molecule has 0 unspecified atom stereocenters. The molecule has 1 aliphatic heterocycles. The number of rotatable bonds is 6. The van der Waals surface area contributed by atoms with Crippen LogP contribution in [-0.4, -0.2) is 43.0 Å². The van der Waals surface area contributed by atoms with Gasteiger partial charge in [0.05, 0.1) is 12.1 Å². The highest BCUT2D eigenvalue weighted by Gasteiger charge is 2.27. The fourth-order valence-electron chi connectivity index (χ4n) is 4.09. The fourth-order valence-corrected chi connectivity index (χ4v) is 4.09.